The Hall–Kier alpha value is -3.82. The van der Waals surface area contributed by atoms with Gasteiger partial charge in [-0.15, -0.1) is 11.3 Å². The number of aryl methyl sites for hydroxylation is 1. The number of likely N-dealkylation sites (N-methyl/N-ethyl adjacent to an activating group) is 1. The van der Waals surface area contributed by atoms with Crippen molar-refractivity contribution in [1.82, 2.24) is 19.6 Å². The largest absolute Gasteiger partial charge is 0.353 e. The number of fused-ring (bicyclic) bond motifs is 5. The summed E-state index contributed by atoms with van der Waals surface area (Å²) < 4.78 is 18.3. The van der Waals surface area contributed by atoms with Gasteiger partial charge >= 0.3 is 0 Å². The molecule has 4 heterocycles. The third-order valence-corrected chi connectivity index (χ3v) is 8.32. The van der Waals surface area contributed by atoms with E-state index in [9.17, 15) is 9.59 Å². The maximum absolute atomic E-state index is 15.5. The highest BCUT2D eigenvalue weighted by Gasteiger charge is 2.25. The topological polar surface area (TPSA) is 70.0 Å². The van der Waals surface area contributed by atoms with Gasteiger partial charge in [0, 0.05) is 26.2 Å². The molecule has 1 saturated heterocycles. The van der Waals surface area contributed by atoms with Crippen molar-refractivity contribution in [3.05, 3.63) is 87.3 Å². The number of carbonyl (C=O) groups excluding carboxylic acids is 1. The molecule has 0 radical (unpaired) electrons. The van der Waals surface area contributed by atoms with E-state index in [2.05, 4.69) is 17.3 Å². The molecule has 9 heteroatoms. The maximum Gasteiger partial charge on any atom is 0.258 e. The molecule has 2 aromatic carbocycles. The number of benzene rings is 2. The first-order valence-corrected chi connectivity index (χ1v) is 13.6. The van der Waals surface area contributed by atoms with E-state index in [1.54, 1.807) is 0 Å². The number of rotatable bonds is 4. The van der Waals surface area contributed by atoms with Crippen LogP contribution >= 0.6 is 11.3 Å². The number of para-hydroxylation sites is 1. The van der Waals surface area contributed by atoms with Crippen molar-refractivity contribution < 1.29 is 9.18 Å². The molecular weight excluding hydrogens is 501 g/mol. The number of amides is 1. The molecule has 3 aromatic heterocycles. The second-order valence-electron chi connectivity index (χ2n) is 9.89. The Bertz CT molecular complexity index is 1740. The van der Waals surface area contributed by atoms with Crippen LogP contribution in [0.5, 0.6) is 0 Å². The van der Waals surface area contributed by atoms with Gasteiger partial charge in [-0.05, 0) is 50.7 Å². The van der Waals surface area contributed by atoms with Crippen LogP contribution in [0.3, 0.4) is 0 Å². The zero-order valence-electron chi connectivity index (χ0n) is 21.3. The summed E-state index contributed by atoms with van der Waals surface area (Å²) >= 11 is 1.37. The fourth-order valence-electron chi connectivity index (χ4n) is 5.06. The Labute approximate surface area is 223 Å². The predicted octanol–water partition coefficient (Wildman–Crippen LogP) is 4.58. The second-order valence-corrected chi connectivity index (χ2v) is 10.9. The van der Waals surface area contributed by atoms with E-state index >= 15 is 4.39 Å². The number of pyridine rings is 2. The summed E-state index contributed by atoms with van der Waals surface area (Å²) in [6.07, 6.45) is 0.895. The van der Waals surface area contributed by atoms with Crippen molar-refractivity contribution in [1.29, 1.82) is 0 Å². The molecule has 0 bridgehead atoms. The van der Waals surface area contributed by atoms with Gasteiger partial charge in [0.1, 0.15) is 10.4 Å². The molecule has 0 spiro atoms. The van der Waals surface area contributed by atoms with Crippen LogP contribution in [0.25, 0.3) is 26.1 Å². The Morgan fingerprint density at radius 2 is 1.87 bits per heavy atom. The number of hydrogen-bond acceptors (Lipinski definition) is 6. The third-order valence-electron chi connectivity index (χ3n) is 7.17. The number of aromatic nitrogens is 2. The average Bonchev–Trinajstić information content (AvgIpc) is 3.15. The SMILES string of the molecule is Cc1ccc(CNC(=O)c2c(=O)c3cc(F)c(N4CCCN(C)CC4)nc3n3c2sc2ccccc23)cc1. The molecule has 7 nitrogen and oxygen atoms in total. The zero-order valence-corrected chi connectivity index (χ0v) is 22.1. The number of hydrogen-bond donors (Lipinski definition) is 1. The minimum absolute atomic E-state index is 0.0103. The smallest absolute Gasteiger partial charge is 0.258 e. The summed E-state index contributed by atoms with van der Waals surface area (Å²) in [7, 11) is 2.06. The molecule has 0 saturated carbocycles. The number of nitrogens with one attached hydrogen (secondary N) is 1. The van der Waals surface area contributed by atoms with Crippen molar-refractivity contribution in [3.63, 3.8) is 0 Å². The Morgan fingerprint density at radius 3 is 2.68 bits per heavy atom. The van der Waals surface area contributed by atoms with Crippen LogP contribution in [0.4, 0.5) is 10.2 Å². The molecule has 5 aromatic rings. The fourth-order valence-corrected chi connectivity index (χ4v) is 6.24. The van der Waals surface area contributed by atoms with Gasteiger partial charge in [0.25, 0.3) is 5.91 Å². The molecular formula is C29H28FN5O2S. The van der Waals surface area contributed by atoms with Crippen LogP contribution in [-0.4, -0.2) is 53.4 Å². The molecule has 1 N–H and O–H groups in total. The standard InChI is InChI=1S/C29H28FN5O2S/c1-18-8-10-19(11-9-18)17-31-28(37)24-25(36)20-16-21(30)27(34-13-5-12-33(2)14-15-34)32-26(20)35-22-6-3-4-7-23(22)38-29(24)35/h3-4,6-11,16H,5,12-15,17H2,1-2H3,(H,31,37). The number of carbonyl (C=O) groups is 1. The Morgan fingerprint density at radius 1 is 1.08 bits per heavy atom. The molecule has 38 heavy (non-hydrogen) atoms. The summed E-state index contributed by atoms with van der Waals surface area (Å²) in [5.41, 5.74) is 2.74. The third kappa shape index (κ3) is 4.31. The molecule has 1 aliphatic rings. The molecule has 0 aliphatic carbocycles. The minimum Gasteiger partial charge on any atom is -0.353 e. The van der Waals surface area contributed by atoms with E-state index in [-0.39, 0.29) is 23.3 Å². The lowest BCUT2D eigenvalue weighted by Crippen LogP contribution is -2.31. The number of thiazole rings is 1. The van der Waals surface area contributed by atoms with Gasteiger partial charge in [-0.1, -0.05) is 42.0 Å². The highest BCUT2D eigenvalue weighted by Crippen LogP contribution is 2.32. The van der Waals surface area contributed by atoms with E-state index in [0.717, 1.165) is 40.9 Å². The van der Waals surface area contributed by atoms with Crippen molar-refractivity contribution in [2.45, 2.75) is 19.9 Å². The summed E-state index contributed by atoms with van der Waals surface area (Å²) in [4.78, 5) is 36.6. The van der Waals surface area contributed by atoms with Crippen LogP contribution in [-0.2, 0) is 6.54 Å². The minimum atomic E-state index is -0.551. The molecule has 0 unspecified atom stereocenters. The summed E-state index contributed by atoms with van der Waals surface area (Å²) in [5.74, 6) is -0.793. The first kappa shape index (κ1) is 24.5. The van der Waals surface area contributed by atoms with Crippen molar-refractivity contribution in [2.24, 2.45) is 0 Å². The quantitative estimate of drug-likeness (QED) is 0.369. The highest BCUT2D eigenvalue weighted by atomic mass is 32.1. The lowest BCUT2D eigenvalue weighted by atomic mass is 10.1. The van der Waals surface area contributed by atoms with Gasteiger partial charge in [-0.3, -0.25) is 14.0 Å². The van der Waals surface area contributed by atoms with Crippen LogP contribution in [0.2, 0.25) is 0 Å². The van der Waals surface area contributed by atoms with E-state index in [1.807, 2.05) is 64.8 Å². The normalized spacial score (nSPS) is 14.9. The van der Waals surface area contributed by atoms with Crippen LogP contribution < -0.4 is 15.6 Å². The van der Waals surface area contributed by atoms with Gasteiger partial charge < -0.3 is 15.1 Å². The van der Waals surface area contributed by atoms with Gasteiger partial charge in [-0.2, -0.15) is 0 Å². The molecule has 1 fully saturated rings. The first-order chi connectivity index (χ1) is 18.4. The van der Waals surface area contributed by atoms with Crippen molar-refractivity contribution in [3.8, 4) is 0 Å². The monoisotopic (exact) mass is 529 g/mol. The van der Waals surface area contributed by atoms with Gasteiger partial charge in [-0.25, -0.2) is 9.37 Å². The van der Waals surface area contributed by atoms with Crippen LogP contribution in [0, 0.1) is 12.7 Å². The predicted molar refractivity (Wildman–Crippen MR) is 151 cm³/mol. The second kappa shape index (κ2) is 9.81. The van der Waals surface area contributed by atoms with Gasteiger partial charge in [0.05, 0.1) is 15.6 Å². The molecule has 6 rings (SSSR count). The van der Waals surface area contributed by atoms with Crippen LogP contribution in [0.1, 0.15) is 27.9 Å². The van der Waals surface area contributed by atoms with Gasteiger partial charge in [0.15, 0.2) is 17.3 Å². The highest BCUT2D eigenvalue weighted by molar-refractivity contribution is 7.24. The molecule has 194 valence electrons. The lowest BCUT2D eigenvalue weighted by Gasteiger charge is -2.22. The first-order valence-electron chi connectivity index (χ1n) is 12.7. The average molecular weight is 530 g/mol. The van der Waals surface area contributed by atoms with Crippen molar-refractivity contribution in [2.75, 3.05) is 38.1 Å². The molecule has 0 atom stereocenters. The fraction of sp³-hybridized carbons (Fsp3) is 0.276. The van der Waals surface area contributed by atoms with E-state index in [1.165, 1.54) is 17.4 Å². The van der Waals surface area contributed by atoms with E-state index in [4.69, 9.17) is 4.98 Å². The Balaban J connectivity index is 1.52. The number of halogens is 1. The summed E-state index contributed by atoms with van der Waals surface area (Å²) in [6.45, 7) is 5.35. The zero-order chi connectivity index (χ0) is 26.4. The molecule has 1 amide bonds. The molecule has 1 aliphatic heterocycles. The maximum atomic E-state index is 15.5. The van der Waals surface area contributed by atoms with Crippen molar-refractivity contribution >= 4 is 49.1 Å². The Kier molecular flexibility index (Phi) is 6.33. The number of nitrogens with zero attached hydrogens (tertiary/aromatic N) is 4. The van der Waals surface area contributed by atoms with E-state index < -0.39 is 17.2 Å². The summed E-state index contributed by atoms with van der Waals surface area (Å²) in [6, 6.07) is 16.8. The number of anilines is 1. The van der Waals surface area contributed by atoms with E-state index in [0.29, 0.717) is 23.6 Å². The summed E-state index contributed by atoms with van der Waals surface area (Å²) in [5, 5.41) is 2.99. The van der Waals surface area contributed by atoms with Crippen LogP contribution in [0.15, 0.2) is 59.4 Å². The lowest BCUT2D eigenvalue weighted by molar-refractivity contribution is 0.0951. The van der Waals surface area contributed by atoms with Gasteiger partial charge in [0.2, 0.25) is 5.43 Å².